The molecule has 1 atom stereocenters. The molecule has 4 nitrogen and oxygen atoms in total. The van der Waals surface area contributed by atoms with Crippen LogP contribution in [0.4, 0.5) is 13.2 Å². The van der Waals surface area contributed by atoms with Gasteiger partial charge < -0.3 is 14.6 Å². The highest BCUT2D eigenvalue weighted by Crippen LogP contribution is 2.37. The van der Waals surface area contributed by atoms with E-state index < -0.39 is 35.4 Å². The Morgan fingerprint density at radius 3 is 1.91 bits per heavy atom. The van der Waals surface area contributed by atoms with Crippen LogP contribution < -0.4 is 0 Å². The molecule has 0 amide bonds. The van der Waals surface area contributed by atoms with Gasteiger partial charge in [0.1, 0.15) is 0 Å². The first kappa shape index (κ1) is 20.9. The Balaban J connectivity index is 4.84. The molecule has 0 aliphatic rings. The SMILES string of the molecule is C=C(C)C(=O)OCC(C)(C)C(C)(C)OCC(C)(O)C(F)(F)F. The largest absolute Gasteiger partial charge is 0.462 e. The number of alkyl halides is 3. The van der Waals surface area contributed by atoms with Crippen molar-refractivity contribution in [1.82, 2.24) is 0 Å². The number of esters is 1. The van der Waals surface area contributed by atoms with Crippen LogP contribution in [0.3, 0.4) is 0 Å². The first-order valence-corrected chi connectivity index (χ1v) is 6.79. The molecule has 1 unspecified atom stereocenters. The van der Waals surface area contributed by atoms with Crippen molar-refractivity contribution in [1.29, 1.82) is 0 Å². The fourth-order valence-electron chi connectivity index (χ4n) is 1.14. The molecule has 130 valence electrons. The Morgan fingerprint density at radius 2 is 1.55 bits per heavy atom. The van der Waals surface area contributed by atoms with E-state index in [0.29, 0.717) is 6.92 Å². The van der Waals surface area contributed by atoms with Gasteiger partial charge in [-0.2, -0.15) is 13.2 Å². The average molecular weight is 326 g/mol. The lowest BCUT2D eigenvalue weighted by molar-refractivity contribution is -0.281. The monoisotopic (exact) mass is 326 g/mol. The molecule has 0 aromatic heterocycles. The summed E-state index contributed by atoms with van der Waals surface area (Å²) in [6.07, 6.45) is -4.79. The minimum absolute atomic E-state index is 0.0557. The second-order valence-electron chi connectivity index (χ2n) is 6.81. The summed E-state index contributed by atoms with van der Waals surface area (Å²) in [6, 6.07) is 0. The van der Waals surface area contributed by atoms with Gasteiger partial charge in [0.2, 0.25) is 0 Å². The summed E-state index contributed by atoms with van der Waals surface area (Å²) in [5.41, 5.74) is -4.57. The molecule has 7 heteroatoms. The smallest absolute Gasteiger partial charge is 0.419 e. The minimum atomic E-state index is -4.79. The molecule has 1 N–H and O–H groups in total. The van der Waals surface area contributed by atoms with E-state index in [1.807, 2.05) is 0 Å². The number of ether oxygens (including phenoxy) is 2. The fourth-order valence-corrected chi connectivity index (χ4v) is 1.14. The molecule has 0 aromatic carbocycles. The first-order chi connectivity index (χ1) is 9.53. The highest BCUT2D eigenvalue weighted by molar-refractivity contribution is 5.86. The van der Waals surface area contributed by atoms with Crippen LogP contribution >= 0.6 is 0 Å². The van der Waals surface area contributed by atoms with E-state index >= 15 is 0 Å². The van der Waals surface area contributed by atoms with Crippen molar-refractivity contribution >= 4 is 5.97 Å². The van der Waals surface area contributed by atoms with Crippen molar-refractivity contribution in [2.24, 2.45) is 5.41 Å². The lowest BCUT2D eigenvalue weighted by Crippen LogP contribution is -2.52. The van der Waals surface area contributed by atoms with Gasteiger partial charge in [0, 0.05) is 11.0 Å². The van der Waals surface area contributed by atoms with Crippen molar-refractivity contribution < 1.29 is 32.5 Å². The van der Waals surface area contributed by atoms with E-state index in [1.54, 1.807) is 27.7 Å². The number of aliphatic hydroxyl groups is 1. The van der Waals surface area contributed by atoms with Crippen molar-refractivity contribution in [2.75, 3.05) is 13.2 Å². The van der Waals surface area contributed by atoms with Crippen LogP contribution in [-0.4, -0.2) is 41.7 Å². The molecule has 0 aliphatic carbocycles. The molecule has 0 heterocycles. The lowest BCUT2D eigenvalue weighted by Gasteiger charge is -2.42. The zero-order chi connectivity index (χ0) is 18.0. The Bertz CT molecular complexity index is 423. The van der Waals surface area contributed by atoms with Gasteiger partial charge in [-0.25, -0.2) is 4.79 Å². The summed E-state index contributed by atoms with van der Waals surface area (Å²) in [7, 11) is 0. The third-order valence-corrected chi connectivity index (χ3v) is 3.87. The van der Waals surface area contributed by atoms with Crippen LogP contribution in [0.2, 0.25) is 0 Å². The molecule has 0 aromatic rings. The molecule has 0 radical (unpaired) electrons. The second-order valence-corrected chi connectivity index (χ2v) is 6.81. The number of rotatable bonds is 7. The quantitative estimate of drug-likeness (QED) is 0.576. The zero-order valence-corrected chi connectivity index (χ0v) is 13.9. The van der Waals surface area contributed by atoms with Gasteiger partial charge >= 0.3 is 12.1 Å². The van der Waals surface area contributed by atoms with Crippen molar-refractivity contribution in [2.45, 2.75) is 58.9 Å². The first-order valence-electron chi connectivity index (χ1n) is 6.79. The summed E-state index contributed by atoms with van der Waals surface area (Å²) in [5, 5.41) is 9.42. The Morgan fingerprint density at radius 1 is 1.09 bits per heavy atom. The number of halogens is 3. The summed E-state index contributed by atoms with van der Waals surface area (Å²) in [6.45, 7) is 11.2. The molecule has 22 heavy (non-hydrogen) atoms. The van der Waals surface area contributed by atoms with Gasteiger partial charge in [0.15, 0.2) is 5.60 Å². The molecular weight excluding hydrogens is 301 g/mol. The molecule has 0 aliphatic heterocycles. The van der Waals surface area contributed by atoms with Gasteiger partial charge in [-0.05, 0) is 27.7 Å². The molecule has 0 bridgehead atoms. The van der Waals surface area contributed by atoms with E-state index in [-0.39, 0.29) is 12.2 Å². The van der Waals surface area contributed by atoms with Crippen LogP contribution in [-0.2, 0) is 14.3 Å². The molecule has 0 saturated carbocycles. The average Bonchev–Trinajstić information content (AvgIpc) is 2.32. The Labute approximate surface area is 129 Å². The standard InChI is InChI=1S/C15H25F3O4/c1-10(2)11(19)21-8-12(3,4)13(5,6)22-9-14(7,20)15(16,17)18/h20H,1,8-9H2,2-7H3. The molecule has 0 fully saturated rings. The molecule has 0 rings (SSSR count). The van der Waals surface area contributed by atoms with Crippen molar-refractivity contribution in [3.05, 3.63) is 12.2 Å². The Kier molecular flexibility index (Phi) is 6.26. The predicted octanol–water partition coefficient (Wildman–Crippen LogP) is 3.24. The van der Waals surface area contributed by atoms with Crippen LogP contribution in [0.15, 0.2) is 12.2 Å². The van der Waals surface area contributed by atoms with Gasteiger partial charge in [-0.15, -0.1) is 0 Å². The van der Waals surface area contributed by atoms with Crippen LogP contribution in [0.5, 0.6) is 0 Å². The summed E-state index contributed by atoms with van der Waals surface area (Å²) < 4.78 is 48.3. The summed E-state index contributed by atoms with van der Waals surface area (Å²) in [5.74, 6) is -0.578. The van der Waals surface area contributed by atoms with Gasteiger partial charge in [-0.1, -0.05) is 20.4 Å². The van der Waals surface area contributed by atoms with Crippen LogP contribution in [0.25, 0.3) is 0 Å². The zero-order valence-electron chi connectivity index (χ0n) is 13.9. The van der Waals surface area contributed by atoms with E-state index in [0.717, 1.165) is 0 Å². The number of hydrogen-bond acceptors (Lipinski definition) is 4. The normalized spacial score (nSPS) is 16.1. The summed E-state index contributed by atoms with van der Waals surface area (Å²) >= 11 is 0. The third-order valence-electron chi connectivity index (χ3n) is 3.87. The lowest BCUT2D eigenvalue weighted by atomic mass is 9.77. The van der Waals surface area contributed by atoms with Crippen molar-refractivity contribution in [3.8, 4) is 0 Å². The number of hydrogen-bond donors (Lipinski definition) is 1. The van der Waals surface area contributed by atoms with Crippen LogP contribution in [0, 0.1) is 5.41 Å². The highest BCUT2D eigenvalue weighted by Gasteiger charge is 2.52. The highest BCUT2D eigenvalue weighted by atomic mass is 19.4. The van der Waals surface area contributed by atoms with E-state index in [2.05, 4.69) is 6.58 Å². The number of carbonyl (C=O) groups excluding carboxylic acids is 1. The van der Waals surface area contributed by atoms with E-state index in [4.69, 9.17) is 9.47 Å². The van der Waals surface area contributed by atoms with Gasteiger partial charge in [0.25, 0.3) is 0 Å². The van der Waals surface area contributed by atoms with E-state index in [1.165, 1.54) is 6.92 Å². The predicted molar refractivity (Wildman–Crippen MR) is 76.3 cm³/mol. The maximum Gasteiger partial charge on any atom is 0.419 e. The maximum atomic E-state index is 12.6. The number of carbonyl (C=O) groups is 1. The maximum absolute atomic E-state index is 12.6. The van der Waals surface area contributed by atoms with Crippen molar-refractivity contribution in [3.63, 3.8) is 0 Å². The molecular formula is C15H25F3O4. The second kappa shape index (κ2) is 6.58. The van der Waals surface area contributed by atoms with Gasteiger partial charge in [-0.3, -0.25) is 0 Å². The topological polar surface area (TPSA) is 55.8 Å². The Hall–Kier alpha value is -1.08. The van der Waals surface area contributed by atoms with Gasteiger partial charge in [0.05, 0.1) is 18.8 Å². The fraction of sp³-hybridized carbons (Fsp3) is 0.800. The third kappa shape index (κ3) is 5.28. The summed E-state index contributed by atoms with van der Waals surface area (Å²) in [4.78, 5) is 11.4. The van der Waals surface area contributed by atoms with E-state index in [9.17, 15) is 23.1 Å². The van der Waals surface area contributed by atoms with Crippen LogP contribution in [0.1, 0.15) is 41.5 Å². The molecule has 0 saturated heterocycles. The minimum Gasteiger partial charge on any atom is -0.462 e. The molecule has 0 spiro atoms.